The monoisotopic (exact) mass is 294 g/mol. The van der Waals surface area contributed by atoms with Crippen LogP contribution in [0.5, 0.6) is 0 Å². The quantitative estimate of drug-likeness (QED) is 0.899. The SMILES string of the molecule is CC1CCN(Cc2ccc(CNC(C)(C)C)s2)CC1C. The van der Waals surface area contributed by atoms with E-state index in [1.165, 1.54) is 29.3 Å². The number of piperidine rings is 1. The molecule has 3 heteroatoms. The van der Waals surface area contributed by atoms with Crippen LogP contribution in [0.1, 0.15) is 50.8 Å². The fourth-order valence-electron chi connectivity index (χ4n) is 2.67. The molecule has 0 aromatic carbocycles. The molecule has 0 bridgehead atoms. The van der Waals surface area contributed by atoms with Gasteiger partial charge in [-0.3, -0.25) is 4.90 Å². The predicted octanol–water partition coefficient (Wildman–Crippen LogP) is 4.11. The summed E-state index contributed by atoms with van der Waals surface area (Å²) in [5.41, 5.74) is 0.197. The van der Waals surface area contributed by atoms with Crippen LogP contribution in [0.15, 0.2) is 12.1 Å². The van der Waals surface area contributed by atoms with Gasteiger partial charge in [0.1, 0.15) is 0 Å². The third-order valence-corrected chi connectivity index (χ3v) is 5.38. The van der Waals surface area contributed by atoms with E-state index >= 15 is 0 Å². The molecule has 1 aromatic heterocycles. The van der Waals surface area contributed by atoms with Crippen LogP contribution in [-0.2, 0) is 13.1 Å². The summed E-state index contributed by atoms with van der Waals surface area (Å²) < 4.78 is 0. The van der Waals surface area contributed by atoms with E-state index in [0.717, 1.165) is 24.9 Å². The number of rotatable bonds is 4. The molecule has 20 heavy (non-hydrogen) atoms. The first-order chi connectivity index (χ1) is 9.33. The minimum Gasteiger partial charge on any atom is -0.307 e. The van der Waals surface area contributed by atoms with Crippen LogP contribution in [0.4, 0.5) is 0 Å². The Balaban J connectivity index is 1.84. The van der Waals surface area contributed by atoms with Gasteiger partial charge in [-0.2, -0.15) is 0 Å². The Bertz CT molecular complexity index is 419. The molecular weight excluding hydrogens is 264 g/mol. The van der Waals surface area contributed by atoms with Crippen molar-refractivity contribution in [2.24, 2.45) is 11.8 Å². The standard InChI is InChI=1S/C17H30N2S/c1-13-8-9-19(11-14(13)2)12-16-7-6-15(20-16)10-18-17(3,4)5/h6-7,13-14,18H,8-12H2,1-5H3. The lowest BCUT2D eigenvalue weighted by atomic mass is 9.89. The summed E-state index contributed by atoms with van der Waals surface area (Å²) >= 11 is 1.97. The molecule has 0 spiro atoms. The van der Waals surface area contributed by atoms with Gasteiger partial charge in [-0.25, -0.2) is 0 Å². The second-order valence-electron chi connectivity index (χ2n) is 7.45. The number of nitrogens with one attached hydrogen (secondary N) is 1. The first-order valence-electron chi connectivity index (χ1n) is 7.88. The molecule has 2 unspecified atom stereocenters. The molecule has 114 valence electrons. The summed E-state index contributed by atoms with van der Waals surface area (Å²) in [4.78, 5) is 5.59. The minimum atomic E-state index is 0.197. The molecule has 1 aliphatic heterocycles. The molecule has 2 nitrogen and oxygen atoms in total. The first kappa shape index (κ1) is 16.0. The summed E-state index contributed by atoms with van der Waals surface area (Å²) in [5.74, 6) is 1.73. The number of hydrogen-bond acceptors (Lipinski definition) is 3. The van der Waals surface area contributed by atoms with Gasteiger partial charge in [-0.1, -0.05) is 13.8 Å². The molecule has 2 heterocycles. The second kappa shape index (κ2) is 6.59. The number of hydrogen-bond donors (Lipinski definition) is 1. The molecule has 1 aliphatic rings. The molecule has 0 radical (unpaired) electrons. The largest absolute Gasteiger partial charge is 0.307 e. The maximum absolute atomic E-state index is 3.56. The number of thiophene rings is 1. The highest BCUT2D eigenvalue weighted by molar-refractivity contribution is 7.11. The summed E-state index contributed by atoms with van der Waals surface area (Å²) in [5, 5.41) is 3.56. The maximum Gasteiger partial charge on any atom is 0.0328 e. The molecule has 1 fully saturated rings. The average molecular weight is 295 g/mol. The third-order valence-electron chi connectivity index (χ3n) is 4.31. The van der Waals surface area contributed by atoms with Crippen molar-refractivity contribution in [1.29, 1.82) is 0 Å². The molecule has 1 saturated heterocycles. The highest BCUT2D eigenvalue weighted by Gasteiger charge is 2.22. The van der Waals surface area contributed by atoms with Gasteiger partial charge in [0.05, 0.1) is 0 Å². The molecule has 1 N–H and O–H groups in total. The van der Waals surface area contributed by atoms with Crippen LogP contribution in [0.25, 0.3) is 0 Å². The zero-order valence-corrected chi connectivity index (χ0v) is 14.5. The number of nitrogens with zero attached hydrogens (tertiary/aromatic N) is 1. The van der Waals surface area contributed by atoms with Crippen molar-refractivity contribution in [3.63, 3.8) is 0 Å². The molecule has 0 aliphatic carbocycles. The Morgan fingerprint density at radius 1 is 1.20 bits per heavy atom. The fourth-order valence-corrected chi connectivity index (χ4v) is 3.67. The lowest BCUT2D eigenvalue weighted by Gasteiger charge is -2.34. The van der Waals surface area contributed by atoms with Crippen molar-refractivity contribution in [3.8, 4) is 0 Å². The second-order valence-corrected chi connectivity index (χ2v) is 8.70. The maximum atomic E-state index is 3.56. The van der Waals surface area contributed by atoms with Gasteiger partial charge >= 0.3 is 0 Å². The third kappa shape index (κ3) is 4.87. The Morgan fingerprint density at radius 3 is 2.55 bits per heavy atom. The van der Waals surface area contributed by atoms with E-state index in [-0.39, 0.29) is 5.54 Å². The zero-order valence-electron chi connectivity index (χ0n) is 13.7. The van der Waals surface area contributed by atoms with E-state index in [9.17, 15) is 0 Å². The summed E-state index contributed by atoms with van der Waals surface area (Å²) in [6.45, 7) is 16.1. The van der Waals surface area contributed by atoms with Gasteiger partial charge in [0.2, 0.25) is 0 Å². The zero-order chi connectivity index (χ0) is 14.8. The van der Waals surface area contributed by atoms with Crippen molar-refractivity contribution in [1.82, 2.24) is 10.2 Å². The van der Waals surface area contributed by atoms with E-state index in [1.54, 1.807) is 0 Å². The smallest absolute Gasteiger partial charge is 0.0328 e. The molecule has 1 aromatic rings. The summed E-state index contributed by atoms with van der Waals surface area (Å²) in [7, 11) is 0. The van der Waals surface area contributed by atoms with Crippen LogP contribution in [0, 0.1) is 11.8 Å². The van der Waals surface area contributed by atoms with Crippen LogP contribution < -0.4 is 5.32 Å². The highest BCUT2D eigenvalue weighted by atomic mass is 32.1. The Labute approximate surface area is 128 Å². The molecular formula is C17H30N2S. The van der Waals surface area contributed by atoms with E-state index in [0.29, 0.717) is 0 Å². The van der Waals surface area contributed by atoms with Gasteiger partial charge in [-0.05, 0) is 57.7 Å². The molecule has 2 rings (SSSR count). The van der Waals surface area contributed by atoms with Crippen LogP contribution >= 0.6 is 11.3 Å². The number of likely N-dealkylation sites (tertiary alicyclic amines) is 1. The molecule has 0 saturated carbocycles. The van der Waals surface area contributed by atoms with Gasteiger partial charge < -0.3 is 5.32 Å². The van der Waals surface area contributed by atoms with Crippen molar-refractivity contribution in [3.05, 3.63) is 21.9 Å². The average Bonchev–Trinajstić information content (AvgIpc) is 2.78. The molecule has 0 amide bonds. The van der Waals surface area contributed by atoms with Crippen LogP contribution in [0.3, 0.4) is 0 Å². The van der Waals surface area contributed by atoms with Crippen LogP contribution in [0.2, 0.25) is 0 Å². The van der Waals surface area contributed by atoms with Crippen molar-refractivity contribution in [2.45, 2.75) is 59.7 Å². The lowest BCUT2D eigenvalue weighted by Crippen LogP contribution is -2.37. The van der Waals surface area contributed by atoms with Gasteiger partial charge in [0.25, 0.3) is 0 Å². The lowest BCUT2D eigenvalue weighted by molar-refractivity contribution is 0.133. The summed E-state index contributed by atoms with van der Waals surface area (Å²) in [6.07, 6.45) is 1.35. The van der Waals surface area contributed by atoms with Gasteiger partial charge in [0.15, 0.2) is 0 Å². The van der Waals surface area contributed by atoms with E-state index in [1.807, 2.05) is 11.3 Å². The van der Waals surface area contributed by atoms with Gasteiger partial charge in [-0.15, -0.1) is 11.3 Å². The van der Waals surface area contributed by atoms with E-state index < -0.39 is 0 Å². The van der Waals surface area contributed by atoms with Crippen molar-refractivity contribution in [2.75, 3.05) is 13.1 Å². The predicted molar refractivity (Wildman–Crippen MR) is 89.1 cm³/mol. The first-order valence-corrected chi connectivity index (χ1v) is 8.70. The van der Waals surface area contributed by atoms with Crippen molar-refractivity contribution >= 4 is 11.3 Å². The highest BCUT2D eigenvalue weighted by Crippen LogP contribution is 2.25. The van der Waals surface area contributed by atoms with Crippen LogP contribution in [-0.4, -0.2) is 23.5 Å². The van der Waals surface area contributed by atoms with E-state index in [4.69, 9.17) is 0 Å². The summed E-state index contributed by atoms with van der Waals surface area (Å²) in [6, 6.07) is 4.60. The van der Waals surface area contributed by atoms with Gasteiger partial charge in [0, 0.05) is 34.9 Å². The Morgan fingerprint density at radius 2 is 1.90 bits per heavy atom. The fraction of sp³-hybridized carbons (Fsp3) is 0.765. The normalized spacial score (nSPS) is 25.1. The Kier molecular flexibility index (Phi) is 5.27. The van der Waals surface area contributed by atoms with Crippen molar-refractivity contribution < 1.29 is 0 Å². The minimum absolute atomic E-state index is 0.197. The topological polar surface area (TPSA) is 15.3 Å². The van der Waals surface area contributed by atoms with E-state index in [2.05, 4.69) is 57.0 Å². The molecule has 2 atom stereocenters. The Hall–Kier alpha value is -0.380.